The molecule has 0 bridgehead atoms. The maximum Gasteiger partial charge on any atom is 0.275 e. The summed E-state index contributed by atoms with van der Waals surface area (Å²) in [5, 5.41) is 20.8. The molecule has 0 unspecified atom stereocenters. The van der Waals surface area contributed by atoms with Gasteiger partial charge in [0, 0.05) is 13.6 Å². The fraction of sp³-hybridized carbons (Fsp3) is 0.786. The van der Waals surface area contributed by atoms with Gasteiger partial charge in [-0.1, -0.05) is 5.21 Å². The second kappa shape index (κ2) is 6.11. The van der Waals surface area contributed by atoms with E-state index in [0.29, 0.717) is 24.2 Å². The lowest BCUT2D eigenvalue weighted by molar-refractivity contribution is 0.0264. The Bertz CT molecular complexity index is 491. The zero-order valence-electron chi connectivity index (χ0n) is 12.4. The molecule has 7 heteroatoms. The molecule has 116 valence electrons. The van der Waals surface area contributed by atoms with Crippen LogP contribution in [0.15, 0.2) is 6.20 Å². The first-order chi connectivity index (χ1) is 10.1. The van der Waals surface area contributed by atoms with E-state index in [1.165, 1.54) is 0 Å². The van der Waals surface area contributed by atoms with Crippen molar-refractivity contribution in [3.05, 3.63) is 11.9 Å². The Labute approximate surface area is 124 Å². The predicted octanol–water partition coefficient (Wildman–Crippen LogP) is 0.0455. The summed E-state index contributed by atoms with van der Waals surface area (Å²) >= 11 is 0. The van der Waals surface area contributed by atoms with Crippen molar-refractivity contribution in [2.24, 2.45) is 5.92 Å². The van der Waals surface area contributed by atoms with E-state index in [9.17, 15) is 9.90 Å². The van der Waals surface area contributed by atoms with E-state index < -0.39 is 0 Å². The third kappa shape index (κ3) is 3.24. The van der Waals surface area contributed by atoms with Gasteiger partial charge >= 0.3 is 0 Å². The molecule has 1 aliphatic heterocycles. The summed E-state index contributed by atoms with van der Waals surface area (Å²) in [6, 6.07) is 0.340. The average molecular weight is 293 g/mol. The molecular formula is C14H23N5O2. The first kappa shape index (κ1) is 14.5. The number of hydrogen-bond donors (Lipinski definition) is 2. The molecular weight excluding hydrogens is 270 g/mol. The van der Waals surface area contributed by atoms with E-state index in [4.69, 9.17) is 0 Å². The monoisotopic (exact) mass is 293 g/mol. The molecule has 7 nitrogen and oxygen atoms in total. The molecule has 1 aromatic rings. The van der Waals surface area contributed by atoms with E-state index in [1.54, 1.807) is 18.1 Å². The second-order valence-corrected chi connectivity index (χ2v) is 6.24. The average Bonchev–Trinajstić information content (AvgIpc) is 2.95. The zero-order chi connectivity index (χ0) is 14.8. The minimum Gasteiger partial charge on any atom is -0.393 e. The van der Waals surface area contributed by atoms with Crippen LogP contribution >= 0.6 is 0 Å². The standard InChI is InChI=1S/C14H23N5O2/c1-18(8-10-6-12(20)7-10)14(21)13-9-19(17-16-13)11-2-4-15-5-3-11/h9-12,15,20H,2-8H2,1H3. The Morgan fingerprint density at radius 1 is 1.48 bits per heavy atom. The largest absolute Gasteiger partial charge is 0.393 e. The second-order valence-electron chi connectivity index (χ2n) is 6.24. The van der Waals surface area contributed by atoms with Crippen molar-refractivity contribution in [3.63, 3.8) is 0 Å². The summed E-state index contributed by atoms with van der Waals surface area (Å²) in [5.41, 5.74) is 0.413. The quantitative estimate of drug-likeness (QED) is 0.819. The van der Waals surface area contributed by atoms with Crippen LogP contribution in [-0.2, 0) is 0 Å². The molecule has 0 atom stereocenters. The normalized spacial score (nSPS) is 26.4. The minimum absolute atomic E-state index is 0.0865. The number of aliphatic hydroxyl groups excluding tert-OH is 1. The van der Waals surface area contributed by atoms with Crippen LogP contribution in [0.1, 0.15) is 42.2 Å². The molecule has 0 spiro atoms. The summed E-state index contributed by atoms with van der Waals surface area (Å²) in [6.45, 7) is 2.64. The fourth-order valence-electron chi connectivity index (χ4n) is 3.14. The number of aromatic nitrogens is 3. The van der Waals surface area contributed by atoms with Gasteiger partial charge in [0.1, 0.15) is 0 Å². The van der Waals surface area contributed by atoms with Gasteiger partial charge < -0.3 is 15.3 Å². The van der Waals surface area contributed by atoms with Crippen LogP contribution in [-0.4, -0.2) is 63.7 Å². The van der Waals surface area contributed by atoms with Crippen LogP contribution in [0.3, 0.4) is 0 Å². The molecule has 2 heterocycles. The number of hydrogen-bond acceptors (Lipinski definition) is 5. The van der Waals surface area contributed by atoms with Crippen molar-refractivity contribution in [2.75, 3.05) is 26.7 Å². The van der Waals surface area contributed by atoms with Crippen LogP contribution in [0.2, 0.25) is 0 Å². The van der Waals surface area contributed by atoms with Gasteiger partial charge in [0.2, 0.25) is 0 Å². The molecule has 2 aliphatic rings. The van der Waals surface area contributed by atoms with Gasteiger partial charge in [-0.25, -0.2) is 4.68 Å². The number of piperidine rings is 1. The summed E-state index contributed by atoms with van der Waals surface area (Å²) in [6.07, 6.45) is 5.21. The Hall–Kier alpha value is -1.47. The van der Waals surface area contributed by atoms with Gasteiger partial charge in [-0.2, -0.15) is 0 Å². The van der Waals surface area contributed by atoms with E-state index in [2.05, 4.69) is 15.6 Å². The van der Waals surface area contributed by atoms with Crippen LogP contribution < -0.4 is 5.32 Å². The summed E-state index contributed by atoms with van der Waals surface area (Å²) in [4.78, 5) is 14.0. The molecule has 1 amide bonds. The van der Waals surface area contributed by atoms with Crippen molar-refractivity contribution in [1.29, 1.82) is 0 Å². The lowest BCUT2D eigenvalue weighted by atomic mass is 9.82. The Morgan fingerprint density at radius 3 is 2.86 bits per heavy atom. The smallest absolute Gasteiger partial charge is 0.275 e. The number of rotatable bonds is 4. The van der Waals surface area contributed by atoms with Gasteiger partial charge in [0.05, 0.1) is 18.3 Å². The molecule has 2 fully saturated rings. The van der Waals surface area contributed by atoms with Gasteiger partial charge in [0.15, 0.2) is 5.69 Å². The Morgan fingerprint density at radius 2 is 2.19 bits per heavy atom. The summed E-state index contributed by atoms with van der Waals surface area (Å²) in [5.74, 6) is 0.324. The van der Waals surface area contributed by atoms with Crippen LogP contribution in [0.25, 0.3) is 0 Å². The number of aliphatic hydroxyl groups is 1. The molecule has 21 heavy (non-hydrogen) atoms. The van der Waals surface area contributed by atoms with E-state index in [0.717, 1.165) is 38.8 Å². The summed E-state index contributed by atoms with van der Waals surface area (Å²) in [7, 11) is 1.79. The predicted molar refractivity (Wildman–Crippen MR) is 76.9 cm³/mol. The fourth-order valence-corrected chi connectivity index (χ4v) is 3.14. The number of nitrogens with zero attached hydrogens (tertiary/aromatic N) is 4. The van der Waals surface area contributed by atoms with E-state index in [1.807, 2.05) is 4.68 Å². The molecule has 3 rings (SSSR count). The van der Waals surface area contributed by atoms with Crippen LogP contribution in [0, 0.1) is 5.92 Å². The zero-order valence-corrected chi connectivity index (χ0v) is 12.4. The lowest BCUT2D eigenvalue weighted by Crippen LogP contribution is -2.39. The van der Waals surface area contributed by atoms with Crippen molar-refractivity contribution in [2.45, 2.75) is 37.8 Å². The SMILES string of the molecule is CN(CC1CC(O)C1)C(=O)c1cn(C2CCNCC2)nn1. The van der Waals surface area contributed by atoms with E-state index in [-0.39, 0.29) is 12.0 Å². The third-order valence-corrected chi connectivity index (χ3v) is 4.50. The minimum atomic E-state index is -0.181. The van der Waals surface area contributed by atoms with Crippen molar-refractivity contribution in [3.8, 4) is 0 Å². The highest BCUT2D eigenvalue weighted by molar-refractivity contribution is 5.91. The lowest BCUT2D eigenvalue weighted by Gasteiger charge is -2.34. The highest BCUT2D eigenvalue weighted by Crippen LogP contribution is 2.27. The molecule has 1 aromatic heterocycles. The molecule has 0 aromatic carbocycles. The van der Waals surface area contributed by atoms with E-state index >= 15 is 0 Å². The first-order valence-electron chi connectivity index (χ1n) is 7.69. The Balaban J connectivity index is 1.58. The molecule has 2 N–H and O–H groups in total. The maximum absolute atomic E-state index is 12.3. The van der Waals surface area contributed by atoms with Crippen molar-refractivity contribution >= 4 is 5.91 Å². The molecule has 0 radical (unpaired) electrons. The summed E-state index contributed by atoms with van der Waals surface area (Å²) < 4.78 is 1.83. The Kier molecular flexibility index (Phi) is 4.21. The molecule has 1 saturated carbocycles. The highest BCUT2D eigenvalue weighted by Gasteiger charge is 2.30. The topological polar surface area (TPSA) is 83.3 Å². The number of nitrogens with one attached hydrogen (secondary N) is 1. The van der Waals surface area contributed by atoms with Gasteiger partial charge in [-0.05, 0) is 44.7 Å². The number of carbonyl (C=O) groups excluding carboxylic acids is 1. The van der Waals surface area contributed by atoms with Crippen LogP contribution in [0.4, 0.5) is 0 Å². The van der Waals surface area contributed by atoms with Gasteiger partial charge in [0.25, 0.3) is 5.91 Å². The third-order valence-electron chi connectivity index (χ3n) is 4.50. The maximum atomic E-state index is 12.3. The van der Waals surface area contributed by atoms with Crippen LogP contribution in [0.5, 0.6) is 0 Å². The number of carbonyl (C=O) groups is 1. The molecule has 1 aliphatic carbocycles. The van der Waals surface area contributed by atoms with Gasteiger partial charge in [-0.15, -0.1) is 5.10 Å². The first-order valence-corrected chi connectivity index (χ1v) is 7.69. The number of amides is 1. The van der Waals surface area contributed by atoms with Crippen molar-refractivity contribution in [1.82, 2.24) is 25.2 Å². The van der Waals surface area contributed by atoms with Crippen molar-refractivity contribution < 1.29 is 9.90 Å². The molecule has 1 saturated heterocycles. The highest BCUT2D eigenvalue weighted by atomic mass is 16.3. The van der Waals surface area contributed by atoms with Gasteiger partial charge in [-0.3, -0.25) is 4.79 Å².